The van der Waals surface area contributed by atoms with Crippen LogP contribution in [0.3, 0.4) is 0 Å². The molecule has 1 aromatic heterocycles. The van der Waals surface area contributed by atoms with Crippen LogP contribution in [0.25, 0.3) is 0 Å². The van der Waals surface area contributed by atoms with Gasteiger partial charge in [0, 0.05) is 32.0 Å². The second kappa shape index (κ2) is 6.90. The molecule has 2 fully saturated rings. The lowest BCUT2D eigenvalue weighted by atomic mass is 9.98. The average molecular weight is 329 g/mol. The number of ketones is 1. The maximum atomic E-state index is 12.2. The molecule has 1 amide bonds. The van der Waals surface area contributed by atoms with Gasteiger partial charge in [0.05, 0.1) is 4.88 Å². The van der Waals surface area contributed by atoms with Crippen LogP contribution < -0.4 is 5.73 Å². The van der Waals surface area contributed by atoms with Gasteiger partial charge < -0.3 is 10.6 Å². The first-order chi connectivity index (χ1) is 9.65. The number of hydrogen-bond donors (Lipinski definition) is 1. The Hall–Kier alpha value is -0.910. The molecule has 1 saturated carbocycles. The highest BCUT2D eigenvalue weighted by atomic mass is 35.5. The fourth-order valence-electron chi connectivity index (χ4n) is 3.45. The van der Waals surface area contributed by atoms with Gasteiger partial charge in [-0.25, -0.2) is 0 Å². The fourth-order valence-corrected chi connectivity index (χ4v) is 4.14. The highest BCUT2D eigenvalue weighted by Gasteiger charge is 2.42. The minimum Gasteiger partial charge on any atom is -0.342 e. The van der Waals surface area contributed by atoms with Crippen LogP contribution in [-0.2, 0) is 4.79 Å². The summed E-state index contributed by atoms with van der Waals surface area (Å²) in [7, 11) is 0. The van der Waals surface area contributed by atoms with E-state index in [2.05, 4.69) is 0 Å². The molecule has 0 radical (unpaired) electrons. The first-order valence-electron chi connectivity index (χ1n) is 7.25. The van der Waals surface area contributed by atoms with E-state index in [-0.39, 0.29) is 30.1 Å². The Bertz CT molecular complexity index is 506. The van der Waals surface area contributed by atoms with Gasteiger partial charge in [0.1, 0.15) is 0 Å². The van der Waals surface area contributed by atoms with E-state index in [0.717, 1.165) is 30.8 Å². The van der Waals surface area contributed by atoms with Crippen LogP contribution in [0.4, 0.5) is 0 Å². The van der Waals surface area contributed by atoms with E-state index in [0.29, 0.717) is 24.7 Å². The molecule has 0 aromatic carbocycles. The number of hydrogen-bond acceptors (Lipinski definition) is 4. The number of amides is 1. The van der Waals surface area contributed by atoms with E-state index < -0.39 is 0 Å². The Kier molecular flexibility index (Phi) is 5.41. The summed E-state index contributed by atoms with van der Waals surface area (Å²) >= 11 is 1.44. The zero-order valence-electron chi connectivity index (χ0n) is 11.9. The maximum absolute atomic E-state index is 12.2. The second-order valence-corrected chi connectivity index (χ2v) is 6.81. The van der Waals surface area contributed by atoms with Crippen molar-refractivity contribution >= 4 is 35.4 Å². The van der Waals surface area contributed by atoms with Crippen molar-refractivity contribution in [3.8, 4) is 0 Å². The molecular weight excluding hydrogens is 308 g/mol. The minimum absolute atomic E-state index is 0. The molecule has 21 heavy (non-hydrogen) atoms. The number of rotatable bonds is 4. The van der Waals surface area contributed by atoms with Crippen LogP contribution in [0, 0.1) is 11.8 Å². The molecule has 1 aliphatic carbocycles. The van der Waals surface area contributed by atoms with Crippen LogP contribution >= 0.6 is 23.7 Å². The molecule has 6 heteroatoms. The Morgan fingerprint density at radius 2 is 2.10 bits per heavy atom. The second-order valence-electron chi connectivity index (χ2n) is 5.86. The molecule has 3 rings (SSSR count). The van der Waals surface area contributed by atoms with Gasteiger partial charge in [-0.1, -0.05) is 6.07 Å². The van der Waals surface area contributed by atoms with E-state index in [1.807, 2.05) is 22.4 Å². The number of nitrogens with two attached hydrogens (primary N) is 1. The van der Waals surface area contributed by atoms with Crippen molar-refractivity contribution in [2.75, 3.05) is 13.1 Å². The SMILES string of the molecule is Cl.NC1CCC2CN(C(=O)CCC(=O)c3cccs3)CC12. The van der Waals surface area contributed by atoms with Crippen molar-refractivity contribution in [2.45, 2.75) is 31.7 Å². The summed E-state index contributed by atoms with van der Waals surface area (Å²) in [6, 6.07) is 3.94. The van der Waals surface area contributed by atoms with Crippen LogP contribution in [-0.4, -0.2) is 35.7 Å². The number of carbonyl (C=O) groups is 2. The molecule has 0 spiro atoms. The molecule has 3 unspecified atom stereocenters. The van der Waals surface area contributed by atoms with Crippen molar-refractivity contribution in [3.63, 3.8) is 0 Å². The Morgan fingerprint density at radius 1 is 1.29 bits per heavy atom. The number of likely N-dealkylation sites (tertiary alicyclic amines) is 1. The standard InChI is InChI=1S/C15H20N2O2S.ClH/c16-12-4-3-10-8-17(9-11(10)12)15(19)6-5-13(18)14-2-1-7-20-14;/h1-2,7,10-12H,3-6,8-9,16H2;1H. The average Bonchev–Trinajstić information content (AvgIpc) is 3.14. The highest BCUT2D eigenvalue weighted by molar-refractivity contribution is 7.12. The zero-order valence-corrected chi connectivity index (χ0v) is 13.5. The molecule has 4 nitrogen and oxygen atoms in total. The molecule has 3 atom stereocenters. The van der Waals surface area contributed by atoms with Crippen molar-refractivity contribution in [1.82, 2.24) is 4.90 Å². The van der Waals surface area contributed by atoms with E-state index in [9.17, 15) is 9.59 Å². The van der Waals surface area contributed by atoms with Gasteiger partial charge >= 0.3 is 0 Å². The number of fused-ring (bicyclic) bond motifs is 1. The van der Waals surface area contributed by atoms with Crippen LogP contribution in [0.2, 0.25) is 0 Å². The Morgan fingerprint density at radius 3 is 2.76 bits per heavy atom. The summed E-state index contributed by atoms with van der Waals surface area (Å²) in [4.78, 5) is 26.7. The quantitative estimate of drug-likeness (QED) is 0.863. The predicted molar refractivity (Wildman–Crippen MR) is 85.9 cm³/mol. The predicted octanol–water partition coefficient (Wildman–Crippen LogP) is 2.33. The van der Waals surface area contributed by atoms with E-state index in [4.69, 9.17) is 5.73 Å². The van der Waals surface area contributed by atoms with Crippen LogP contribution in [0.1, 0.15) is 35.4 Å². The largest absolute Gasteiger partial charge is 0.342 e. The number of carbonyl (C=O) groups excluding carboxylic acids is 2. The minimum atomic E-state index is 0. The summed E-state index contributed by atoms with van der Waals surface area (Å²) < 4.78 is 0. The molecule has 116 valence electrons. The molecule has 2 N–H and O–H groups in total. The molecule has 1 aromatic rings. The molecule has 1 saturated heterocycles. The van der Waals surface area contributed by atoms with Crippen LogP contribution in [0.15, 0.2) is 17.5 Å². The zero-order chi connectivity index (χ0) is 14.1. The molecular formula is C15H21ClN2O2S. The van der Waals surface area contributed by atoms with Gasteiger partial charge in [0.15, 0.2) is 5.78 Å². The summed E-state index contributed by atoms with van der Waals surface area (Å²) in [6.45, 7) is 1.63. The van der Waals surface area contributed by atoms with Gasteiger partial charge in [0.2, 0.25) is 5.91 Å². The summed E-state index contributed by atoms with van der Waals surface area (Å²) in [5.74, 6) is 1.25. The monoisotopic (exact) mass is 328 g/mol. The van der Waals surface area contributed by atoms with Gasteiger partial charge in [-0.05, 0) is 36.1 Å². The van der Waals surface area contributed by atoms with Gasteiger partial charge in [-0.3, -0.25) is 9.59 Å². The molecule has 1 aliphatic heterocycles. The molecule has 2 heterocycles. The smallest absolute Gasteiger partial charge is 0.223 e. The lowest BCUT2D eigenvalue weighted by molar-refractivity contribution is -0.130. The number of halogens is 1. The summed E-state index contributed by atoms with van der Waals surface area (Å²) in [6.07, 6.45) is 2.88. The number of thiophene rings is 1. The molecule has 2 aliphatic rings. The van der Waals surface area contributed by atoms with Crippen molar-refractivity contribution in [1.29, 1.82) is 0 Å². The van der Waals surface area contributed by atoms with Gasteiger partial charge in [-0.2, -0.15) is 0 Å². The third kappa shape index (κ3) is 3.47. The summed E-state index contributed by atoms with van der Waals surface area (Å²) in [5, 5.41) is 1.89. The van der Waals surface area contributed by atoms with Crippen molar-refractivity contribution in [2.24, 2.45) is 17.6 Å². The third-order valence-electron chi connectivity index (χ3n) is 4.63. The van der Waals surface area contributed by atoms with E-state index in [1.165, 1.54) is 11.3 Å². The Labute approximate surface area is 135 Å². The topological polar surface area (TPSA) is 63.4 Å². The lowest BCUT2D eigenvalue weighted by Crippen LogP contribution is -2.33. The first kappa shape index (κ1) is 16.5. The maximum Gasteiger partial charge on any atom is 0.223 e. The van der Waals surface area contributed by atoms with E-state index in [1.54, 1.807) is 0 Å². The number of nitrogens with zero attached hydrogens (tertiary/aromatic N) is 1. The lowest BCUT2D eigenvalue weighted by Gasteiger charge is -2.18. The van der Waals surface area contributed by atoms with Crippen molar-refractivity contribution < 1.29 is 9.59 Å². The molecule has 0 bridgehead atoms. The first-order valence-corrected chi connectivity index (χ1v) is 8.13. The third-order valence-corrected chi connectivity index (χ3v) is 5.54. The van der Waals surface area contributed by atoms with Crippen LogP contribution in [0.5, 0.6) is 0 Å². The van der Waals surface area contributed by atoms with Gasteiger partial charge in [-0.15, -0.1) is 23.7 Å². The van der Waals surface area contributed by atoms with Gasteiger partial charge in [0.25, 0.3) is 0 Å². The Balaban J connectivity index is 0.00000161. The van der Waals surface area contributed by atoms with E-state index >= 15 is 0 Å². The van der Waals surface area contributed by atoms with Crippen molar-refractivity contribution in [3.05, 3.63) is 22.4 Å². The number of Topliss-reactive ketones (excluding diaryl/α,β-unsaturated/α-hetero) is 1. The normalized spacial score (nSPS) is 27.3. The highest BCUT2D eigenvalue weighted by Crippen LogP contribution is 2.37. The summed E-state index contributed by atoms with van der Waals surface area (Å²) in [5.41, 5.74) is 6.08. The fraction of sp³-hybridized carbons (Fsp3) is 0.600.